The number of hydrogen-bond acceptors (Lipinski definition) is 1. The van der Waals surface area contributed by atoms with E-state index >= 15 is 0 Å². The van der Waals surface area contributed by atoms with Gasteiger partial charge < -0.3 is 4.74 Å². The van der Waals surface area contributed by atoms with Gasteiger partial charge in [0.25, 0.3) is 0 Å². The van der Waals surface area contributed by atoms with Crippen molar-refractivity contribution in [1.29, 1.82) is 0 Å². The average molecular weight is 188 g/mol. The summed E-state index contributed by atoms with van der Waals surface area (Å²) in [5.74, 6) is 0.336. The van der Waals surface area contributed by atoms with Gasteiger partial charge in [-0.15, -0.1) is 0 Å². The van der Waals surface area contributed by atoms with Gasteiger partial charge in [-0.1, -0.05) is 36.4 Å². The van der Waals surface area contributed by atoms with Crippen LogP contribution in [0.15, 0.2) is 24.3 Å². The molecule has 1 rings (SSSR count). The second-order valence-corrected chi connectivity index (χ2v) is 2.76. The number of hydrogen-bond donors (Lipinski definition) is 0. The van der Waals surface area contributed by atoms with Gasteiger partial charge in [0.2, 0.25) is 0 Å². The zero-order valence-corrected chi connectivity index (χ0v) is 7.49. The van der Waals surface area contributed by atoms with E-state index in [2.05, 4.69) is 12.6 Å². The Morgan fingerprint density at radius 3 is 2.45 bits per heavy atom. The molecule has 11 heavy (non-hydrogen) atoms. The molecule has 59 valence electrons. The third-order valence-electron chi connectivity index (χ3n) is 1.27. The molecule has 0 fully saturated rings. The van der Waals surface area contributed by atoms with Crippen LogP contribution in [0.2, 0.25) is 5.02 Å². The Morgan fingerprint density at radius 2 is 1.91 bits per heavy atom. The van der Waals surface area contributed by atoms with Crippen LogP contribution in [-0.2, 0) is 11.3 Å². The molecular formula is C8H8ClOS. The maximum Gasteiger partial charge on any atom is 0.103 e. The highest BCUT2D eigenvalue weighted by atomic mass is 35.5. The monoisotopic (exact) mass is 187 g/mol. The Bertz CT molecular complexity index is 210. The quantitative estimate of drug-likeness (QED) is 0.707. The molecule has 0 aliphatic rings. The summed E-state index contributed by atoms with van der Waals surface area (Å²) in [6.07, 6.45) is 0. The Morgan fingerprint density at radius 1 is 1.27 bits per heavy atom. The van der Waals surface area contributed by atoms with E-state index < -0.39 is 0 Å². The van der Waals surface area contributed by atoms with Gasteiger partial charge in [0.15, 0.2) is 0 Å². The number of ether oxygens (including phenoxy) is 1. The van der Waals surface area contributed by atoms with Gasteiger partial charge >= 0.3 is 0 Å². The second-order valence-electron chi connectivity index (χ2n) is 2.09. The number of rotatable bonds is 3. The zero-order chi connectivity index (χ0) is 8.10. The first-order chi connectivity index (χ1) is 5.33. The normalized spacial score (nSPS) is 10.0. The van der Waals surface area contributed by atoms with E-state index in [4.69, 9.17) is 16.3 Å². The molecule has 0 amide bonds. The lowest BCUT2D eigenvalue weighted by molar-refractivity contribution is 0.170. The van der Waals surface area contributed by atoms with Crippen LogP contribution in [0.5, 0.6) is 0 Å². The molecule has 0 N–H and O–H groups in total. The molecule has 0 heterocycles. The Balaban J connectivity index is 2.52. The molecule has 1 aromatic carbocycles. The van der Waals surface area contributed by atoms with Crippen LogP contribution < -0.4 is 0 Å². The van der Waals surface area contributed by atoms with Gasteiger partial charge in [0.05, 0.1) is 6.61 Å². The van der Waals surface area contributed by atoms with Crippen molar-refractivity contribution in [2.45, 2.75) is 6.61 Å². The van der Waals surface area contributed by atoms with Crippen LogP contribution in [0.4, 0.5) is 0 Å². The van der Waals surface area contributed by atoms with Gasteiger partial charge in [0.1, 0.15) is 5.94 Å². The molecule has 1 radical (unpaired) electrons. The maximum absolute atomic E-state index is 5.68. The Labute approximate surface area is 76.7 Å². The fourth-order valence-electron chi connectivity index (χ4n) is 0.740. The molecule has 0 bridgehead atoms. The van der Waals surface area contributed by atoms with Crippen LogP contribution in [0, 0.1) is 0 Å². The third kappa shape index (κ3) is 3.14. The summed E-state index contributed by atoms with van der Waals surface area (Å²) in [5.41, 5.74) is 1.10. The topological polar surface area (TPSA) is 9.23 Å². The number of halogens is 1. The number of benzene rings is 1. The molecular weight excluding hydrogens is 180 g/mol. The highest BCUT2D eigenvalue weighted by molar-refractivity contribution is 7.80. The predicted molar refractivity (Wildman–Crippen MR) is 48.7 cm³/mol. The van der Waals surface area contributed by atoms with Crippen LogP contribution in [0.1, 0.15) is 5.56 Å². The fourth-order valence-corrected chi connectivity index (χ4v) is 0.949. The van der Waals surface area contributed by atoms with Crippen molar-refractivity contribution in [2.75, 3.05) is 5.94 Å². The molecule has 1 aromatic rings. The van der Waals surface area contributed by atoms with E-state index in [0.29, 0.717) is 12.5 Å². The molecule has 3 heteroatoms. The summed E-state index contributed by atoms with van der Waals surface area (Å²) in [5, 5.41) is 0.743. The van der Waals surface area contributed by atoms with E-state index in [-0.39, 0.29) is 0 Å². The largest absolute Gasteiger partial charge is 0.365 e. The maximum atomic E-state index is 5.68. The summed E-state index contributed by atoms with van der Waals surface area (Å²) in [4.78, 5) is 0. The predicted octanol–water partition coefficient (Wildman–Crippen LogP) is 3.01. The first kappa shape index (κ1) is 8.91. The average Bonchev–Trinajstić information content (AvgIpc) is 2.04. The van der Waals surface area contributed by atoms with E-state index in [1.807, 2.05) is 24.3 Å². The highest BCUT2D eigenvalue weighted by Gasteiger charge is 1.91. The molecule has 0 spiro atoms. The summed E-state index contributed by atoms with van der Waals surface area (Å²) in [6.45, 7) is 0.570. The molecule has 0 atom stereocenters. The van der Waals surface area contributed by atoms with Gasteiger partial charge in [-0.2, -0.15) is 0 Å². The van der Waals surface area contributed by atoms with Crippen LogP contribution in [-0.4, -0.2) is 5.94 Å². The lowest BCUT2D eigenvalue weighted by Gasteiger charge is -1.99. The SMILES string of the molecule is [S]COCc1ccc(Cl)cc1. The summed E-state index contributed by atoms with van der Waals surface area (Å²) < 4.78 is 5.03. The van der Waals surface area contributed by atoms with E-state index in [1.165, 1.54) is 0 Å². The molecule has 0 aliphatic heterocycles. The first-order valence-electron chi connectivity index (χ1n) is 3.23. The highest BCUT2D eigenvalue weighted by Crippen LogP contribution is 2.10. The van der Waals surface area contributed by atoms with Gasteiger partial charge in [0, 0.05) is 5.02 Å². The minimum atomic E-state index is 0.336. The van der Waals surface area contributed by atoms with Crippen molar-refractivity contribution in [1.82, 2.24) is 0 Å². The lowest BCUT2D eigenvalue weighted by atomic mass is 10.2. The van der Waals surface area contributed by atoms with Gasteiger partial charge in [-0.05, 0) is 17.7 Å². The smallest absolute Gasteiger partial charge is 0.103 e. The van der Waals surface area contributed by atoms with Gasteiger partial charge in [-0.3, -0.25) is 0 Å². The summed E-state index contributed by atoms with van der Waals surface area (Å²) in [7, 11) is 0. The van der Waals surface area contributed by atoms with Crippen molar-refractivity contribution in [3.8, 4) is 0 Å². The zero-order valence-electron chi connectivity index (χ0n) is 5.92. The van der Waals surface area contributed by atoms with Crippen LogP contribution >= 0.6 is 24.2 Å². The lowest BCUT2D eigenvalue weighted by Crippen LogP contribution is -1.88. The minimum absolute atomic E-state index is 0.336. The van der Waals surface area contributed by atoms with Crippen molar-refractivity contribution in [3.05, 3.63) is 34.9 Å². The third-order valence-corrected chi connectivity index (χ3v) is 1.68. The second kappa shape index (κ2) is 4.65. The molecule has 0 unspecified atom stereocenters. The molecule has 0 aromatic heterocycles. The van der Waals surface area contributed by atoms with E-state index in [9.17, 15) is 0 Å². The van der Waals surface area contributed by atoms with E-state index in [0.717, 1.165) is 10.6 Å². The van der Waals surface area contributed by atoms with Crippen molar-refractivity contribution >= 4 is 24.2 Å². The van der Waals surface area contributed by atoms with Crippen molar-refractivity contribution < 1.29 is 4.74 Å². The molecule has 0 saturated heterocycles. The summed E-state index contributed by atoms with van der Waals surface area (Å²) >= 11 is 10.3. The van der Waals surface area contributed by atoms with Crippen LogP contribution in [0.3, 0.4) is 0 Å². The summed E-state index contributed by atoms with van der Waals surface area (Å²) in [6, 6.07) is 7.52. The Hall–Kier alpha value is -0.180. The van der Waals surface area contributed by atoms with Crippen molar-refractivity contribution in [3.63, 3.8) is 0 Å². The minimum Gasteiger partial charge on any atom is -0.365 e. The first-order valence-corrected chi connectivity index (χ1v) is 4.19. The molecule has 1 nitrogen and oxygen atoms in total. The molecule has 0 saturated carbocycles. The molecule has 0 aliphatic carbocycles. The Kier molecular flexibility index (Phi) is 3.77. The van der Waals surface area contributed by atoms with Crippen LogP contribution in [0.25, 0.3) is 0 Å². The van der Waals surface area contributed by atoms with Crippen molar-refractivity contribution in [2.24, 2.45) is 0 Å². The fraction of sp³-hybridized carbons (Fsp3) is 0.250. The van der Waals surface area contributed by atoms with Gasteiger partial charge in [-0.25, -0.2) is 0 Å². The standard InChI is InChI=1S/C8H8ClOS/c9-8-3-1-7(2-4-8)5-10-6-11/h1-4H,5-6H2. The van der Waals surface area contributed by atoms with E-state index in [1.54, 1.807) is 0 Å².